The van der Waals surface area contributed by atoms with Crippen LogP contribution in [0.3, 0.4) is 0 Å². The number of thiophene rings is 1. The van der Waals surface area contributed by atoms with Gasteiger partial charge in [-0.3, -0.25) is 0 Å². The van der Waals surface area contributed by atoms with Gasteiger partial charge in [-0.15, -0.1) is 11.3 Å². The first-order valence-corrected chi connectivity index (χ1v) is 9.42. The SMILES string of the molecule is C[C@H](N[C@@H](C)c1csc2ccccc12)c1cccc(-n2cccn2)c1. The van der Waals surface area contributed by atoms with Crippen LogP contribution in [0.5, 0.6) is 0 Å². The summed E-state index contributed by atoms with van der Waals surface area (Å²) in [6.45, 7) is 4.45. The van der Waals surface area contributed by atoms with Crippen LogP contribution in [-0.2, 0) is 0 Å². The third kappa shape index (κ3) is 3.23. The Morgan fingerprint density at radius 3 is 2.72 bits per heavy atom. The molecular formula is C21H21N3S. The summed E-state index contributed by atoms with van der Waals surface area (Å²) in [6, 6.07) is 19.6. The minimum Gasteiger partial charge on any atom is -0.304 e. The molecule has 25 heavy (non-hydrogen) atoms. The van der Waals surface area contributed by atoms with Gasteiger partial charge in [0, 0.05) is 29.2 Å². The number of aromatic nitrogens is 2. The molecule has 0 aliphatic heterocycles. The van der Waals surface area contributed by atoms with Crippen LogP contribution in [0.4, 0.5) is 0 Å². The molecule has 3 nitrogen and oxygen atoms in total. The molecule has 126 valence electrons. The Kier molecular flexibility index (Phi) is 4.38. The molecule has 4 aromatic rings. The average molecular weight is 347 g/mol. The molecule has 2 atom stereocenters. The van der Waals surface area contributed by atoms with Crippen molar-refractivity contribution in [2.24, 2.45) is 0 Å². The van der Waals surface area contributed by atoms with Crippen molar-refractivity contribution < 1.29 is 0 Å². The van der Waals surface area contributed by atoms with Crippen LogP contribution in [0.15, 0.2) is 72.4 Å². The molecule has 0 aliphatic carbocycles. The molecule has 0 spiro atoms. The molecule has 0 bridgehead atoms. The van der Waals surface area contributed by atoms with Gasteiger partial charge in [-0.1, -0.05) is 30.3 Å². The summed E-state index contributed by atoms with van der Waals surface area (Å²) < 4.78 is 3.24. The second kappa shape index (κ2) is 6.82. The number of nitrogens with one attached hydrogen (secondary N) is 1. The zero-order chi connectivity index (χ0) is 17.2. The summed E-state index contributed by atoms with van der Waals surface area (Å²) in [5.41, 5.74) is 3.72. The fraction of sp³-hybridized carbons (Fsp3) is 0.190. The number of fused-ring (bicyclic) bond motifs is 1. The maximum Gasteiger partial charge on any atom is 0.0648 e. The van der Waals surface area contributed by atoms with Gasteiger partial charge < -0.3 is 5.32 Å². The van der Waals surface area contributed by atoms with Crippen molar-refractivity contribution in [2.75, 3.05) is 0 Å². The lowest BCUT2D eigenvalue weighted by atomic mass is 10.0. The van der Waals surface area contributed by atoms with Crippen LogP contribution in [0.1, 0.15) is 37.1 Å². The molecule has 0 fully saturated rings. The van der Waals surface area contributed by atoms with E-state index < -0.39 is 0 Å². The van der Waals surface area contributed by atoms with Crippen molar-refractivity contribution >= 4 is 21.4 Å². The monoisotopic (exact) mass is 347 g/mol. The van der Waals surface area contributed by atoms with Crippen LogP contribution in [0.2, 0.25) is 0 Å². The summed E-state index contributed by atoms with van der Waals surface area (Å²) >= 11 is 1.81. The highest BCUT2D eigenvalue weighted by atomic mass is 32.1. The number of hydrogen-bond donors (Lipinski definition) is 1. The Labute approximate surface area is 151 Å². The van der Waals surface area contributed by atoms with E-state index in [0.29, 0.717) is 6.04 Å². The van der Waals surface area contributed by atoms with E-state index in [0.717, 1.165) is 5.69 Å². The Balaban J connectivity index is 1.55. The normalized spacial score (nSPS) is 13.8. The fourth-order valence-electron chi connectivity index (χ4n) is 3.25. The zero-order valence-corrected chi connectivity index (χ0v) is 15.2. The molecule has 4 rings (SSSR count). The van der Waals surface area contributed by atoms with E-state index in [1.54, 1.807) is 6.20 Å². The quantitative estimate of drug-likeness (QED) is 0.517. The largest absolute Gasteiger partial charge is 0.304 e. The van der Waals surface area contributed by atoms with Crippen LogP contribution in [0, 0.1) is 0 Å². The topological polar surface area (TPSA) is 29.9 Å². The molecular weight excluding hydrogens is 326 g/mol. The van der Waals surface area contributed by atoms with Crippen molar-refractivity contribution in [3.8, 4) is 5.69 Å². The fourth-order valence-corrected chi connectivity index (χ4v) is 4.31. The molecule has 0 unspecified atom stereocenters. The van der Waals surface area contributed by atoms with Gasteiger partial charge in [-0.25, -0.2) is 4.68 Å². The molecule has 0 saturated carbocycles. The second-order valence-corrected chi connectivity index (χ2v) is 7.25. The van der Waals surface area contributed by atoms with Crippen molar-refractivity contribution in [1.82, 2.24) is 15.1 Å². The summed E-state index contributed by atoms with van der Waals surface area (Å²) in [6.07, 6.45) is 3.77. The lowest BCUT2D eigenvalue weighted by molar-refractivity contribution is 0.497. The number of hydrogen-bond acceptors (Lipinski definition) is 3. The van der Waals surface area contributed by atoms with Gasteiger partial charge >= 0.3 is 0 Å². The highest BCUT2D eigenvalue weighted by Gasteiger charge is 2.15. The first-order valence-electron chi connectivity index (χ1n) is 8.54. The Hall–Kier alpha value is -2.43. The lowest BCUT2D eigenvalue weighted by Crippen LogP contribution is -2.22. The van der Waals surface area contributed by atoms with Gasteiger partial charge in [0.1, 0.15) is 0 Å². The maximum atomic E-state index is 4.32. The van der Waals surface area contributed by atoms with Gasteiger partial charge in [-0.2, -0.15) is 5.10 Å². The lowest BCUT2D eigenvalue weighted by Gasteiger charge is -2.21. The third-order valence-corrected chi connectivity index (χ3v) is 5.60. The minimum atomic E-state index is 0.254. The van der Waals surface area contributed by atoms with E-state index in [1.165, 1.54) is 21.2 Å². The van der Waals surface area contributed by atoms with Crippen LogP contribution < -0.4 is 5.32 Å². The summed E-state index contributed by atoms with van der Waals surface area (Å²) in [7, 11) is 0. The zero-order valence-electron chi connectivity index (χ0n) is 14.4. The molecule has 0 amide bonds. The number of nitrogens with zero attached hydrogens (tertiary/aromatic N) is 2. The molecule has 2 aromatic heterocycles. The van der Waals surface area contributed by atoms with E-state index in [-0.39, 0.29) is 6.04 Å². The van der Waals surface area contributed by atoms with Gasteiger partial charge in [0.25, 0.3) is 0 Å². The van der Waals surface area contributed by atoms with Crippen LogP contribution in [-0.4, -0.2) is 9.78 Å². The first-order chi connectivity index (χ1) is 12.2. The number of rotatable bonds is 5. The van der Waals surface area contributed by atoms with Crippen molar-refractivity contribution in [3.63, 3.8) is 0 Å². The van der Waals surface area contributed by atoms with E-state index in [4.69, 9.17) is 0 Å². The molecule has 1 N–H and O–H groups in total. The maximum absolute atomic E-state index is 4.32. The van der Waals surface area contributed by atoms with Gasteiger partial charge in [0.05, 0.1) is 5.69 Å². The predicted molar refractivity (Wildman–Crippen MR) is 105 cm³/mol. The van der Waals surface area contributed by atoms with Gasteiger partial charge in [0.2, 0.25) is 0 Å². The van der Waals surface area contributed by atoms with Crippen LogP contribution in [0.25, 0.3) is 15.8 Å². The van der Waals surface area contributed by atoms with E-state index in [1.807, 2.05) is 28.3 Å². The second-order valence-electron chi connectivity index (χ2n) is 6.34. The van der Waals surface area contributed by atoms with Crippen molar-refractivity contribution in [2.45, 2.75) is 25.9 Å². The summed E-state index contributed by atoms with van der Waals surface area (Å²) in [4.78, 5) is 0. The molecule has 2 aromatic carbocycles. The van der Waals surface area contributed by atoms with E-state index in [2.05, 4.69) is 78.2 Å². The van der Waals surface area contributed by atoms with E-state index >= 15 is 0 Å². The summed E-state index contributed by atoms with van der Waals surface area (Å²) in [5, 5.41) is 11.7. The standard InChI is InChI=1S/C21H21N3S/c1-15(17-7-5-8-18(13-17)24-12-6-11-22-24)23-16(2)20-14-25-21-10-4-3-9-19(20)21/h3-16,23H,1-2H3/t15-,16-/m0/s1. The Morgan fingerprint density at radius 1 is 1.00 bits per heavy atom. The highest BCUT2D eigenvalue weighted by Crippen LogP contribution is 2.31. The Morgan fingerprint density at radius 2 is 1.88 bits per heavy atom. The molecule has 0 saturated heterocycles. The predicted octanol–water partition coefficient (Wildman–Crippen LogP) is 5.50. The third-order valence-electron chi connectivity index (χ3n) is 4.62. The molecule has 2 heterocycles. The molecule has 4 heteroatoms. The Bertz CT molecular complexity index is 972. The summed E-state index contributed by atoms with van der Waals surface area (Å²) in [5.74, 6) is 0. The molecule has 0 radical (unpaired) electrons. The van der Waals surface area contributed by atoms with E-state index in [9.17, 15) is 0 Å². The van der Waals surface area contributed by atoms with Crippen molar-refractivity contribution in [3.05, 3.63) is 83.5 Å². The minimum absolute atomic E-state index is 0.254. The molecule has 0 aliphatic rings. The van der Waals surface area contributed by atoms with Gasteiger partial charge in [0.15, 0.2) is 0 Å². The first kappa shape index (κ1) is 16.1. The smallest absolute Gasteiger partial charge is 0.0648 e. The van der Waals surface area contributed by atoms with Crippen LogP contribution >= 0.6 is 11.3 Å². The average Bonchev–Trinajstić information content (AvgIpc) is 3.31. The number of benzene rings is 2. The van der Waals surface area contributed by atoms with Crippen molar-refractivity contribution in [1.29, 1.82) is 0 Å². The highest BCUT2D eigenvalue weighted by molar-refractivity contribution is 7.17. The van der Waals surface area contributed by atoms with Gasteiger partial charge in [-0.05, 0) is 60.0 Å².